The van der Waals surface area contributed by atoms with Gasteiger partial charge in [-0.1, -0.05) is 18.2 Å². The Kier molecular flexibility index (Phi) is 6.41. The Labute approximate surface area is 163 Å². The van der Waals surface area contributed by atoms with Gasteiger partial charge >= 0.3 is 5.97 Å². The molecule has 3 rings (SSSR count). The van der Waals surface area contributed by atoms with Crippen LogP contribution in [0.15, 0.2) is 53.4 Å². The summed E-state index contributed by atoms with van der Waals surface area (Å²) in [6.07, 6.45) is 1.63. The number of nitriles is 1. The van der Waals surface area contributed by atoms with Crippen molar-refractivity contribution in [1.29, 1.82) is 5.26 Å². The number of sulfonamides is 1. The molecule has 7 nitrogen and oxygen atoms in total. The van der Waals surface area contributed by atoms with Gasteiger partial charge in [0.05, 0.1) is 28.2 Å². The van der Waals surface area contributed by atoms with Crippen LogP contribution in [0.3, 0.4) is 0 Å². The maximum Gasteiger partial charge on any atom is 0.338 e. The van der Waals surface area contributed by atoms with Gasteiger partial charge in [0, 0.05) is 13.2 Å². The SMILES string of the molecule is N#Cc1ccc(COC(=O)c2cccc(S(=O)(=O)NC[C@@H]3CCCO3)c2)cc1. The highest BCUT2D eigenvalue weighted by Gasteiger charge is 2.21. The summed E-state index contributed by atoms with van der Waals surface area (Å²) in [5, 5.41) is 8.79. The molecule has 1 heterocycles. The van der Waals surface area contributed by atoms with E-state index in [2.05, 4.69) is 4.72 Å². The molecule has 1 aliphatic rings. The lowest BCUT2D eigenvalue weighted by Gasteiger charge is -2.12. The van der Waals surface area contributed by atoms with Gasteiger partial charge < -0.3 is 9.47 Å². The minimum atomic E-state index is -3.75. The highest BCUT2D eigenvalue weighted by molar-refractivity contribution is 7.89. The van der Waals surface area contributed by atoms with E-state index < -0.39 is 16.0 Å². The molecule has 1 saturated heterocycles. The number of hydrogen-bond donors (Lipinski definition) is 1. The Balaban J connectivity index is 1.62. The summed E-state index contributed by atoms with van der Waals surface area (Å²) in [6.45, 7) is 0.876. The lowest BCUT2D eigenvalue weighted by Crippen LogP contribution is -2.31. The molecule has 0 unspecified atom stereocenters. The highest BCUT2D eigenvalue weighted by atomic mass is 32.2. The number of rotatable bonds is 7. The first-order valence-corrected chi connectivity index (χ1v) is 10.3. The van der Waals surface area contributed by atoms with Gasteiger partial charge in [-0.05, 0) is 48.7 Å². The number of benzene rings is 2. The molecule has 2 aromatic rings. The number of nitrogens with zero attached hydrogens (tertiary/aromatic N) is 1. The minimum absolute atomic E-state index is 0.00156. The van der Waals surface area contributed by atoms with Gasteiger partial charge in [-0.3, -0.25) is 0 Å². The monoisotopic (exact) mass is 400 g/mol. The average Bonchev–Trinajstić information content (AvgIpc) is 3.25. The third kappa shape index (κ3) is 5.16. The molecule has 146 valence electrons. The van der Waals surface area contributed by atoms with Crippen molar-refractivity contribution in [2.45, 2.75) is 30.4 Å². The Morgan fingerprint density at radius 1 is 1.25 bits per heavy atom. The molecule has 0 radical (unpaired) electrons. The Morgan fingerprint density at radius 3 is 2.71 bits per heavy atom. The van der Waals surface area contributed by atoms with Crippen molar-refractivity contribution in [3.8, 4) is 6.07 Å². The number of carbonyl (C=O) groups excluding carboxylic acids is 1. The van der Waals surface area contributed by atoms with Gasteiger partial charge in [-0.15, -0.1) is 0 Å². The van der Waals surface area contributed by atoms with Gasteiger partial charge in [0.2, 0.25) is 10.0 Å². The minimum Gasteiger partial charge on any atom is -0.457 e. The molecule has 0 saturated carbocycles. The first kappa shape index (κ1) is 20.0. The number of carbonyl (C=O) groups is 1. The maximum absolute atomic E-state index is 12.5. The van der Waals surface area contributed by atoms with E-state index in [9.17, 15) is 13.2 Å². The predicted molar refractivity (Wildman–Crippen MR) is 101 cm³/mol. The van der Waals surface area contributed by atoms with Crippen LogP contribution >= 0.6 is 0 Å². The molecule has 0 bridgehead atoms. The van der Waals surface area contributed by atoms with Crippen molar-refractivity contribution in [3.05, 3.63) is 65.2 Å². The van der Waals surface area contributed by atoms with Gasteiger partial charge in [0.1, 0.15) is 6.61 Å². The second-order valence-corrected chi connectivity index (χ2v) is 8.17. The van der Waals surface area contributed by atoms with E-state index in [1.807, 2.05) is 6.07 Å². The zero-order valence-corrected chi connectivity index (χ0v) is 15.9. The molecule has 1 N–H and O–H groups in total. The summed E-state index contributed by atoms with van der Waals surface area (Å²) in [5.74, 6) is -0.625. The summed E-state index contributed by atoms with van der Waals surface area (Å²) in [7, 11) is -3.75. The van der Waals surface area contributed by atoms with Crippen molar-refractivity contribution < 1.29 is 22.7 Å². The fraction of sp³-hybridized carbons (Fsp3) is 0.300. The summed E-state index contributed by atoms with van der Waals surface area (Å²) < 4.78 is 38.1. The quantitative estimate of drug-likeness (QED) is 0.716. The van der Waals surface area contributed by atoms with Crippen LogP contribution in [0.2, 0.25) is 0 Å². The fourth-order valence-corrected chi connectivity index (χ4v) is 3.90. The molecule has 2 aromatic carbocycles. The molecule has 1 atom stereocenters. The molecule has 0 aromatic heterocycles. The largest absolute Gasteiger partial charge is 0.457 e. The van der Waals surface area contributed by atoms with E-state index >= 15 is 0 Å². The Morgan fingerprint density at radius 2 is 2.04 bits per heavy atom. The second kappa shape index (κ2) is 8.97. The summed E-state index contributed by atoms with van der Waals surface area (Å²) in [6, 6.07) is 14.4. The van der Waals surface area contributed by atoms with Gasteiger partial charge in [-0.2, -0.15) is 5.26 Å². The molecule has 1 aliphatic heterocycles. The predicted octanol–water partition coefficient (Wildman–Crippen LogP) is 2.37. The number of hydrogen-bond acceptors (Lipinski definition) is 6. The fourth-order valence-electron chi connectivity index (χ4n) is 2.79. The van der Waals surface area contributed by atoms with E-state index in [0.29, 0.717) is 12.2 Å². The molecular formula is C20H20N2O5S. The lowest BCUT2D eigenvalue weighted by molar-refractivity contribution is 0.0472. The zero-order valence-electron chi connectivity index (χ0n) is 15.1. The van der Waals surface area contributed by atoms with Crippen LogP contribution in [0.25, 0.3) is 0 Å². The van der Waals surface area contributed by atoms with E-state index in [1.165, 1.54) is 24.3 Å². The highest BCUT2D eigenvalue weighted by Crippen LogP contribution is 2.15. The van der Waals surface area contributed by atoms with Gasteiger partial charge in [0.25, 0.3) is 0 Å². The van der Waals surface area contributed by atoms with Crippen molar-refractivity contribution in [3.63, 3.8) is 0 Å². The smallest absolute Gasteiger partial charge is 0.338 e. The second-order valence-electron chi connectivity index (χ2n) is 6.40. The van der Waals surface area contributed by atoms with E-state index in [0.717, 1.165) is 18.4 Å². The molecule has 0 amide bonds. The van der Waals surface area contributed by atoms with E-state index in [-0.39, 0.29) is 29.7 Å². The van der Waals surface area contributed by atoms with Gasteiger partial charge in [-0.25, -0.2) is 17.9 Å². The summed E-state index contributed by atoms with van der Waals surface area (Å²) >= 11 is 0. The molecule has 28 heavy (non-hydrogen) atoms. The van der Waals surface area contributed by atoms with Crippen LogP contribution in [-0.4, -0.2) is 33.6 Å². The van der Waals surface area contributed by atoms with Gasteiger partial charge in [0.15, 0.2) is 0 Å². The third-order valence-electron chi connectivity index (χ3n) is 4.36. The number of nitrogens with one attached hydrogen (secondary N) is 1. The topological polar surface area (TPSA) is 105 Å². The summed E-state index contributed by atoms with van der Waals surface area (Å²) in [4.78, 5) is 12.3. The number of esters is 1. The molecule has 0 aliphatic carbocycles. The van der Waals surface area contributed by atoms with Crippen molar-refractivity contribution in [2.75, 3.05) is 13.2 Å². The standard InChI is InChI=1S/C20H20N2O5S/c21-12-15-6-8-16(9-7-15)14-27-20(23)17-3-1-5-19(11-17)28(24,25)22-13-18-4-2-10-26-18/h1,3,5-9,11,18,22H,2,4,10,13-14H2/t18-/m0/s1. The third-order valence-corrected chi connectivity index (χ3v) is 5.78. The Bertz CT molecular complexity index is 974. The zero-order chi connectivity index (χ0) is 20.0. The van der Waals surface area contributed by atoms with Crippen molar-refractivity contribution in [2.24, 2.45) is 0 Å². The maximum atomic E-state index is 12.5. The Hall–Kier alpha value is -2.73. The van der Waals surface area contributed by atoms with Crippen LogP contribution in [0.5, 0.6) is 0 Å². The van der Waals surface area contributed by atoms with E-state index in [1.54, 1.807) is 24.3 Å². The average molecular weight is 400 g/mol. The molecular weight excluding hydrogens is 380 g/mol. The number of ether oxygens (including phenoxy) is 2. The molecule has 1 fully saturated rings. The van der Waals surface area contributed by atoms with Crippen molar-refractivity contribution >= 4 is 16.0 Å². The van der Waals surface area contributed by atoms with Crippen LogP contribution in [0, 0.1) is 11.3 Å². The first-order chi connectivity index (χ1) is 13.5. The molecule has 8 heteroatoms. The molecule has 0 spiro atoms. The lowest BCUT2D eigenvalue weighted by atomic mass is 10.1. The van der Waals surface area contributed by atoms with Crippen LogP contribution in [0.1, 0.15) is 34.3 Å². The summed E-state index contributed by atoms with van der Waals surface area (Å²) in [5.41, 5.74) is 1.39. The normalized spacial score (nSPS) is 16.5. The van der Waals surface area contributed by atoms with Crippen LogP contribution in [-0.2, 0) is 26.1 Å². The van der Waals surface area contributed by atoms with Crippen LogP contribution in [0.4, 0.5) is 0 Å². The van der Waals surface area contributed by atoms with E-state index in [4.69, 9.17) is 14.7 Å². The van der Waals surface area contributed by atoms with Crippen molar-refractivity contribution in [1.82, 2.24) is 4.72 Å². The van der Waals surface area contributed by atoms with Crippen LogP contribution < -0.4 is 4.72 Å². The first-order valence-electron chi connectivity index (χ1n) is 8.85.